The van der Waals surface area contributed by atoms with Crippen molar-refractivity contribution in [2.45, 2.75) is 43.1 Å². The van der Waals surface area contributed by atoms with Crippen LogP contribution in [0.15, 0.2) is 17.0 Å². The summed E-state index contributed by atoms with van der Waals surface area (Å²) in [6, 6.07) is 1.56. The molecule has 0 bridgehead atoms. The molecule has 0 heterocycles. The van der Waals surface area contributed by atoms with Gasteiger partial charge in [-0.25, -0.2) is 17.6 Å². The molecule has 116 valence electrons. The monoisotopic (exact) mass is 354 g/mol. The Morgan fingerprint density at radius 3 is 2.43 bits per heavy atom. The van der Waals surface area contributed by atoms with Gasteiger partial charge in [0.25, 0.3) is 9.05 Å². The predicted octanol–water partition coefficient (Wildman–Crippen LogP) is 3.90. The molecular weight excluding hydrogens is 342 g/mol. The van der Waals surface area contributed by atoms with Crippen molar-refractivity contribution in [3.05, 3.63) is 28.5 Å². The van der Waals surface area contributed by atoms with E-state index >= 15 is 0 Å². The Hall–Kier alpha value is -0.850. The van der Waals surface area contributed by atoms with Crippen LogP contribution in [0, 0.1) is 5.82 Å². The van der Waals surface area contributed by atoms with Crippen molar-refractivity contribution in [3.8, 4) is 0 Å². The van der Waals surface area contributed by atoms with Crippen LogP contribution in [0.2, 0.25) is 5.02 Å². The molecule has 4 nitrogen and oxygen atoms in total. The van der Waals surface area contributed by atoms with Crippen molar-refractivity contribution in [3.63, 3.8) is 0 Å². The van der Waals surface area contributed by atoms with E-state index in [2.05, 4.69) is 0 Å². The molecule has 0 aliphatic heterocycles. The smallest absolute Gasteiger partial charge is 0.339 e. The normalized spacial score (nSPS) is 16.7. The van der Waals surface area contributed by atoms with Crippen LogP contribution in [0.3, 0.4) is 0 Å². The minimum atomic E-state index is -4.31. The lowest BCUT2D eigenvalue weighted by molar-refractivity contribution is 0.0211. The molecule has 0 atom stereocenters. The SMILES string of the molecule is O=C(OC1CCCCC1)c1cc(S(=O)(=O)Cl)c(F)cc1Cl. The summed E-state index contributed by atoms with van der Waals surface area (Å²) in [5.41, 5.74) is -0.206. The van der Waals surface area contributed by atoms with Gasteiger partial charge in [0, 0.05) is 10.7 Å². The lowest BCUT2D eigenvalue weighted by Crippen LogP contribution is -2.21. The number of ether oxygens (including phenoxy) is 1. The lowest BCUT2D eigenvalue weighted by atomic mass is 9.98. The molecule has 0 saturated heterocycles. The predicted molar refractivity (Wildman–Crippen MR) is 76.7 cm³/mol. The summed E-state index contributed by atoms with van der Waals surface area (Å²) in [6.45, 7) is 0. The van der Waals surface area contributed by atoms with Crippen molar-refractivity contribution < 1.29 is 22.3 Å². The van der Waals surface area contributed by atoms with Gasteiger partial charge in [0.2, 0.25) is 0 Å². The minimum Gasteiger partial charge on any atom is -0.459 e. The fourth-order valence-corrected chi connectivity index (χ4v) is 3.40. The van der Waals surface area contributed by atoms with Crippen LogP contribution in [0.4, 0.5) is 4.39 Å². The maximum atomic E-state index is 13.5. The van der Waals surface area contributed by atoms with Crippen LogP contribution in [-0.4, -0.2) is 20.5 Å². The van der Waals surface area contributed by atoms with Gasteiger partial charge < -0.3 is 4.74 Å². The first kappa shape index (κ1) is 16.5. The molecule has 1 aliphatic carbocycles. The summed E-state index contributed by atoms with van der Waals surface area (Å²) in [5.74, 6) is -1.88. The average molecular weight is 355 g/mol. The lowest BCUT2D eigenvalue weighted by Gasteiger charge is -2.22. The molecule has 8 heteroatoms. The molecule has 0 aromatic heterocycles. The van der Waals surface area contributed by atoms with Gasteiger partial charge in [-0.1, -0.05) is 18.0 Å². The number of hydrogen-bond acceptors (Lipinski definition) is 4. The van der Waals surface area contributed by atoms with Crippen LogP contribution in [-0.2, 0) is 13.8 Å². The Morgan fingerprint density at radius 1 is 1.24 bits per heavy atom. The number of carbonyl (C=O) groups is 1. The fourth-order valence-electron chi connectivity index (χ4n) is 2.27. The molecule has 2 rings (SSSR count). The van der Waals surface area contributed by atoms with Gasteiger partial charge in [0.05, 0.1) is 10.6 Å². The molecule has 1 aliphatic rings. The molecular formula is C13H13Cl2FO4S. The molecule has 1 aromatic carbocycles. The highest BCUT2D eigenvalue weighted by molar-refractivity contribution is 8.13. The van der Waals surface area contributed by atoms with E-state index < -0.39 is 25.7 Å². The van der Waals surface area contributed by atoms with Crippen LogP contribution in [0.25, 0.3) is 0 Å². The van der Waals surface area contributed by atoms with Crippen molar-refractivity contribution >= 4 is 37.3 Å². The second kappa shape index (κ2) is 6.50. The van der Waals surface area contributed by atoms with E-state index in [1.165, 1.54) is 0 Å². The van der Waals surface area contributed by atoms with Crippen LogP contribution in [0.5, 0.6) is 0 Å². The topological polar surface area (TPSA) is 60.4 Å². The molecule has 0 radical (unpaired) electrons. The maximum Gasteiger partial charge on any atom is 0.339 e. The van der Waals surface area contributed by atoms with E-state index in [9.17, 15) is 17.6 Å². The summed E-state index contributed by atoms with van der Waals surface area (Å²) >= 11 is 5.79. The van der Waals surface area contributed by atoms with E-state index in [4.69, 9.17) is 27.0 Å². The number of esters is 1. The van der Waals surface area contributed by atoms with Crippen molar-refractivity contribution in [2.24, 2.45) is 0 Å². The number of carbonyl (C=O) groups excluding carboxylic acids is 1. The van der Waals surface area contributed by atoms with Gasteiger partial charge in [0.1, 0.15) is 16.8 Å². The molecule has 0 amide bonds. The Kier molecular flexibility index (Phi) is 5.11. The van der Waals surface area contributed by atoms with Gasteiger partial charge in [-0.2, -0.15) is 0 Å². The maximum absolute atomic E-state index is 13.5. The largest absolute Gasteiger partial charge is 0.459 e. The summed E-state index contributed by atoms with van der Waals surface area (Å²) in [4.78, 5) is 11.3. The molecule has 1 saturated carbocycles. The number of rotatable bonds is 3. The highest BCUT2D eigenvalue weighted by Gasteiger charge is 2.25. The second-order valence-electron chi connectivity index (χ2n) is 4.87. The third kappa shape index (κ3) is 4.08. The quantitative estimate of drug-likeness (QED) is 0.610. The van der Waals surface area contributed by atoms with Crippen molar-refractivity contribution in [1.82, 2.24) is 0 Å². The van der Waals surface area contributed by atoms with E-state index in [-0.39, 0.29) is 16.7 Å². The molecule has 21 heavy (non-hydrogen) atoms. The highest BCUT2D eigenvalue weighted by Crippen LogP contribution is 2.28. The second-order valence-corrected chi connectivity index (χ2v) is 7.81. The highest BCUT2D eigenvalue weighted by atomic mass is 35.7. The zero-order chi connectivity index (χ0) is 15.6. The Labute approximate surface area is 131 Å². The van der Waals surface area contributed by atoms with Gasteiger partial charge in [-0.3, -0.25) is 0 Å². The van der Waals surface area contributed by atoms with Crippen molar-refractivity contribution in [2.75, 3.05) is 0 Å². The number of hydrogen-bond donors (Lipinski definition) is 0. The summed E-state index contributed by atoms with van der Waals surface area (Å²) in [6.07, 6.45) is 4.33. The summed E-state index contributed by atoms with van der Waals surface area (Å²) < 4.78 is 41.4. The first-order valence-electron chi connectivity index (χ1n) is 6.43. The summed E-state index contributed by atoms with van der Waals surface area (Å²) in [5, 5.41) is -0.211. The number of benzene rings is 1. The van der Waals surface area contributed by atoms with Crippen LogP contribution < -0.4 is 0 Å². The molecule has 0 unspecified atom stereocenters. The van der Waals surface area contributed by atoms with E-state index in [0.29, 0.717) is 0 Å². The minimum absolute atomic E-state index is 0.206. The Morgan fingerprint density at radius 2 is 1.86 bits per heavy atom. The molecule has 0 N–H and O–H groups in total. The molecule has 0 spiro atoms. The molecule has 1 fully saturated rings. The van der Waals surface area contributed by atoms with Crippen LogP contribution >= 0.6 is 22.3 Å². The standard InChI is InChI=1S/C13H13Cl2FO4S/c14-10-7-11(16)12(21(15,18)19)6-9(10)13(17)20-8-4-2-1-3-5-8/h6-8H,1-5H2. The third-order valence-electron chi connectivity index (χ3n) is 3.33. The van der Waals surface area contributed by atoms with Gasteiger partial charge in [0.15, 0.2) is 0 Å². The van der Waals surface area contributed by atoms with Gasteiger partial charge in [-0.15, -0.1) is 0 Å². The Bertz CT molecular complexity index is 654. The third-order valence-corrected chi connectivity index (χ3v) is 4.98. The number of halogens is 3. The first-order chi connectivity index (χ1) is 9.79. The summed E-state index contributed by atoms with van der Waals surface area (Å²) in [7, 11) is 0.813. The zero-order valence-corrected chi connectivity index (χ0v) is 13.3. The van der Waals surface area contributed by atoms with E-state index in [1.807, 2.05) is 0 Å². The molecule has 1 aromatic rings. The van der Waals surface area contributed by atoms with Gasteiger partial charge >= 0.3 is 5.97 Å². The van der Waals surface area contributed by atoms with E-state index in [0.717, 1.165) is 44.2 Å². The van der Waals surface area contributed by atoms with Crippen LogP contribution in [0.1, 0.15) is 42.5 Å². The Balaban J connectivity index is 2.28. The van der Waals surface area contributed by atoms with E-state index in [1.54, 1.807) is 0 Å². The zero-order valence-electron chi connectivity index (χ0n) is 10.9. The first-order valence-corrected chi connectivity index (χ1v) is 9.12. The van der Waals surface area contributed by atoms with Gasteiger partial charge in [-0.05, 0) is 37.8 Å². The van der Waals surface area contributed by atoms with Crippen molar-refractivity contribution in [1.29, 1.82) is 0 Å². The average Bonchev–Trinajstić information content (AvgIpc) is 2.38. The fraction of sp³-hybridized carbons (Fsp3) is 0.462.